The summed E-state index contributed by atoms with van der Waals surface area (Å²) in [4.78, 5) is 0. The first kappa shape index (κ1) is 16.0. The molecule has 2 heteroatoms. The van der Waals surface area contributed by atoms with Crippen molar-refractivity contribution in [1.82, 2.24) is 0 Å². The molecule has 0 fully saturated rings. The van der Waals surface area contributed by atoms with Gasteiger partial charge in [0.2, 0.25) is 0 Å². The summed E-state index contributed by atoms with van der Waals surface area (Å²) in [7, 11) is 0. The van der Waals surface area contributed by atoms with Crippen LogP contribution in [-0.4, -0.2) is 5.71 Å². The van der Waals surface area contributed by atoms with Gasteiger partial charge in [0.1, 0.15) is 0 Å². The Kier molecular flexibility index (Phi) is 4.22. The molecule has 0 aromatic heterocycles. The highest BCUT2D eigenvalue weighted by Crippen LogP contribution is 2.32. The second-order valence-corrected chi connectivity index (χ2v) is 6.35. The Morgan fingerprint density at radius 1 is 0.917 bits per heavy atom. The molecule has 0 heterocycles. The van der Waals surface area contributed by atoms with E-state index in [1.165, 1.54) is 16.7 Å². The van der Waals surface area contributed by atoms with Crippen LogP contribution in [0.4, 0.5) is 5.69 Å². The maximum absolute atomic E-state index is 7.94. The van der Waals surface area contributed by atoms with Crippen molar-refractivity contribution in [2.24, 2.45) is 0 Å². The van der Waals surface area contributed by atoms with Crippen LogP contribution in [0.3, 0.4) is 0 Å². The summed E-state index contributed by atoms with van der Waals surface area (Å²) in [5.41, 5.74) is 15.3. The largest absolute Gasteiger partial charge is 0.399 e. The van der Waals surface area contributed by atoms with E-state index in [1.807, 2.05) is 32.1 Å². The average Bonchev–Trinajstić information content (AvgIpc) is 2.54. The van der Waals surface area contributed by atoms with Crippen molar-refractivity contribution >= 4 is 17.0 Å². The van der Waals surface area contributed by atoms with Crippen molar-refractivity contribution in [2.75, 3.05) is 5.73 Å². The highest BCUT2D eigenvalue weighted by Gasteiger charge is 2.13. The summed E-state index contributed by atoms with van der Waals surface area (Å²) in [6.45, 7) is 6.12. The number of benzene rings is 2. The van der Waals surface area contributed by atoms with Crippen LogP contribution >= 0.6 is 0 Å². The summed E-state index contributed by atoms with van der Waals surface area (Å²) in [6, 6.07) is 14.7. The van der Waals surface area contributed by atoms with Crippen LogP contribution in [-0.2, 0) is 0 Å². The van der Waals surface area contributed by atoms with Gasteiger partial charge in [0.25, 0.3) is 0 Å². The Labute approximate surface area is 143 Å². The normalized spacial score (nSPS) is 16.1. The van der Waals surface area contributed by atoms with Crippen LogP contribution in [0, 0.1) is 19.3 Å². The van der Waals surface area contributed by atoms with Crippen LogP contribution in [0.25, 0.3) is 5.57 Å². The number of rotatable bonds is 2. The Balaban J connectivity index is 2.28. The minimum absolute atomic E-state index is 0.566. The molecule has 0 radical (unpaired) electrons. The highest BCUT2D eigenvalue weighted by molar-refractivity contribution is 6.08. The molecule has 0 saturated carbocycles. The summed E-state index contributed by atoms with van der Waals surface area (Å²) in [5, 5.41) is 7.94. The predicted molar refractivity (Wildman–Crippen MR) is 103 cm³/mol. The molecular weight excluding hydrogens is 292 g/mol. The van der Waals surface area contributed by atoms with E-state index in [9.17, 15) is 0 Å². The van der Waals surface area contributed by atoms with E-state index in [-0.39, 0.29) is 0 Å². The van der Waals surface area contributed by atoms with Crippen molar-refractivity contribution in [1.29, 1.82) is 5.41 Å². The van der Waals surface area contributed by atoms with Gasteiger partial charge in [-0.15, -0.1) is 0 Å². The van der Waals surface area contributed by atoms with Gasteiger partial charge in [-0.3, -0.25) is 0 Å². The van der Waals surface area contributed by atoms with E-state index in [4.69, 9.17) is 11.1 Å². The minimum atomic E-state index is 0.566. The van der Waals surface area contributed by atoms with Crippen molar-refractivity contribution in [3.63, 3.8) is 0 Å². The molecule has 0 aliphatic heterocycles. The molecule has 2 aromatic rings. The molecule has 0 bridgehead atoms. The van der Waals surface area contributed by atoms with Crippen LogP contribution in [0.5, 0.6) is 0 Å². The van der Waals surface area contributed by atoms with Gasteiger partial charge in [-0.05, 0) is 78.5 Å². The zero-order chi connectivity index (χ0) is 17.3. The quantitative estimate of drug-likeness (QED) is 0.733. The maximum atomic E-state index is 7.94. The number of nitrogen functional groups attached to an aromatic ring is 1. The van der Waals surface area contributed by atoms with Crippen LogP contribution < -0.4 is 5.73 Å². The number of hydrogen-bond acceptors (Lipinski definition) is 2. The van der Waals surface area contributed by atoms with Gasteiger partial charge in [0.05, 0.1) is 5.71 Å². The lowest BCUT2D eigenvalue weighted by Gasteiger charge is -2.17. The third-order valence-corrected chi connectivity index (χ3v) is 4.38. The molecule has 3 N–H and O–H groups in total. The summed E-state index contributed by atoms with van der Waals surface area (Å²) >= 11 is 0. The van der Waals surface area contributed by atoms with Crippen molar-refractivity contribution in [3.05, 3.63) is 94.1 Å². The second-order valence-electron chi connectivity index (χ2n) is 6.35. The number of hydrogen-bond donors (Lipinski definition) is 2. The molecule has 2 aromatic carbocycles. The molecule has 0 unspecified atom stereocenters. The van der Waals surface area contributed by atoms with E-state index < -0.39 is 0 Å². The first-order valence-electron chi connectivity index (χ1n) is 8.09. The number of nitrogens with two attached hydrogens (primary N) is 1. The van der Waals surface area contributed by atoms with Gasteiger partial charge in [-0.2, -0.15) is 0 Å². The number of anilines is 1. The first-order valence-corrected chi connectivity index (χ1v) is 8.09. The summed E-state index contributed by atoms with van der Waals surface area (Å²) in [6.07, 6.45) is 5.98. The Morgan fingerprint density at radius 3 is 2.33 bits per heavy atom. The van der Waals surface area contributed by atoms with Gasteiger partial charge in [-0.1, -0.05) is 42.0 Å². The van der Waals surface area contributed by atoms with E-state index in [0.717, 1.165) is 28.0 Å². The molecule has 0 atom stereocenters. The van der Waals surface area contributed by atoms with Crippen LogP contribution in [0.1, 0.15) is 29.2 Å². The molecule has 0 saturated heterocycles. The lowest BCUT2D eigenvalue weighted by Crippen LogP contribution is -2.02. The second kappa shape index (κ2) is 6.32. The van der Waals surface area contributed by atoms with Gasteiger partial charge >= 0.3 is 0 Å². The van der Waals surface area contributed by atoms with Crippen molar-refractivity contribution in [2.45, 2.75) is 20.8 Å². The molecule has 1 aliphatic rings. The third-order valence-electron chi connectivity index (χ3n) is 4.38. The fourth-order valence-electron chi connectivity index (χ4n) is 2.95. The van der Waals surface area contributed by atoms with E-state index >= 15 is 0 Å². The van der Waals surface area contributed by atoms with Gasteiger partial charge in [-0.25, -0.2) is 0 Å². The molecule has 120 valence electrons. The number of aryl methyl sites for hydroxylation is 2. The Morgan fingerprint density at radius 2 is 1.67 bits per heavy atom. The summed E-state index contributed by atoms with van der Waals surface area (Å²) < 4.78 is 0. The van der Waals surface area contributed by atoms with Crippen LogP contribution in [0.15, 0.2) is 71.8 Å². The fraction of sp³-hybridized carbons (Fsp3) is 0.136. The zero-order valence-electron chi connectivity index (χ0n) is 14.4. The monoisotopic (exact) mass is 314 g/mol. The average molecular weight is 314 g/mol. The third kappa shape index (κ3) is 3.09. The standard InChI is InChI=1S/C22H22N2/c1-14-5-4-6-17(11-14)22(18-7-9-20(23)15(2)12-18)19-8-10-21(24)16(3)13-19/h4-13,23H,24H2,1-3H3. The lowest BCUT2D eigenvalue weighted by atomic mass is 9.88. The predicted octanol–water partition coefficient (Wildman–Crippen LogP) is 5.22. The molecule has 0 spiro atoms. The molecule has 24 heavy (non-hydrogen) atoms. The van der Waals surface area contributed by atoms with Crippen molar-refractivity contribution in [3.8, 4) is 0 Å². The lowest BCUT2D eigenvalue weighted by molar-refractivity contribution is 1.39. The topological polar surface area (TPSA) is 49.9 Å². The van der Waals surface area contributed by atoms with E-state index in [2.05, 4.69) is 49.4 Å². The van der Waals surface area contributed by atoms with Gasteiger partial charge < -0.3 is 11.1 Å². The number of nitrogens with one attached hydrogen (secondary N) is 1. The molecule has 2 nitrogen and oxygen atoms in total. The number of allylic oxidation sites excluding steroid dienone is 5. The minimum Gasteiger partial charge on any atom is -0.399 e. The molecule has 3 rings (SSSR count). The van der Waals surface area contributed by atoms with Gasteiger partial charge in [0.15, 0.2) is 0 Å². The van der Waals surface area contributed by atoms with E-state index in [1.54, 1.807) is 0 Å². The SMILES string of the molecule is CC1=CC(=C(c2cccc(C)c2)c2ccc(N)c(C)c2)C=CC1=N. The molecule has 0 amide bonds. The maximum Gasteiger partial charge on any atom is 0.0569 e. The van der Waals surface area contributed by atoms with Gasteiger partial charge in [0, 0.05) is 5.69 Å². The smallest absolute Gasteiger partial charge is 0.0569 e. The Bertz CT molecular complexity index is 911. The first-order chi connectivity index (χ1) is 11.5. The summed E-state index contributed by atoms with van der Waals surface area (Å²) in [5.74, 6) is 0. The van der Waals surface area contributed by atoms with E-state index in [0.29, 0.717) is 5.71 Å². The highest BCUT2D eigenvalue weighted by atomic mass is 14.5. The Hall–Kier alpha value is -2.87. The molecule has 1 aliphatic carbocycles. The molecular formula is C22H22N2. The van der Waals surface area contributed by atoms with Crippen LogP contribution in [0.2, 0.25) is 0 Å². The van der Waals surface area contributed by atoms with Crippen molar-refractivity contribution < 1.29 is 0 Å². The fourth-order valence-corrected chi connectivity index (χ4v) is 2.95. The zero-order valence-corrected chi connectivity index (χ0v) is 14.4.